The van der Waals surface area contributed by atoms with Crippen LogP contribution >= 0.6 is 104 Å². The van der Waals surface area contributed by atoms with Crippen LogP contribution in [-0.2, 0) is 4.74 Å². The van der Waals surface area contributed by atoms with Crippen molar-refractivity contribution in [3.63, 3.8) is 0 Å². The monoisotopic (exact) mass is 380 g/mol. The van der Waals surface area contributed by atoms with Gasteiger partial charge in [0.05, 0.1) is 0 Å². The maximum Gasteiger partial charge on any atom is 0.268 e. The number of hydrogen-bond donors (Lipinski definition) is 0. The smallest absolute Gasteiger partial charge is 0.268 e. The van der Waals surface area contributed by atoms with Gasteiger partial charge in [-0.05, 0) is 0 Å². The molecule has 0 heterocycles. The third kappa shape index (κ3) is 4.83. The van der Waals surface area contributed by atoms with Crippen LogP contribution in [0.1, 0.15) is 0 Å². The maximum absolute atomic E-state index is 5.50. The van der Waals surface area contributed by atoms with Crippen molar-refractivity contribution in [1.29, 1.82) is 0 Å². The molecule has 0 atom stereocenters. The van der Waals surface area contributed by atoms with Crippen LogP contribution in [0.5, 0.6) is 0 Å². The molecule has 86 valence electrons. The molecule has 0 aromatic rings. The Kier molecular flexibility index (Phi) is 6.48. The van der Waals surface area contributed by atoms with Gasteiger partial charge in [0.2, 0.25) is 3.79 Å². The first-order valence-electron chi connectivity index (χ1n) is 2.71. The van der Waals surface area contributed by atoms with Gasteiger partial charge in [-0.3, -0.25) is 0 Å². The molecule has 1 nitrogen and oxygen atoms in total. The van der Waals surface area contributed by atoms with Gasteiger partial charge in [-0.2, -0.15) is 0 Å². The summed E-state index contributed by atoms with van der Waals surface area (Å²) < 4.78 is -1.91. The Bertz CT molecular complexity index is 193. The number of halogens is 9. The van der Waals surface area contributed by atoms with E-state index in [4.69, 9.17) is 104 Å². The third-order valence-electron chi connectivity index (χ3n) is 0.848. The van der Waals surface area contributed by atoms with E-state index in [1.54, 1.807) is 0 Å². The fourth-order valence-electron chi connectivity index (χ4n) is 0.273. The zero-order valence-electron chi connectivity index (χ0n) is 5.89. The van der Waals surface area contributed by atoms with Gasteiger partial charge in [-0.25, -0.2) is 0 Å². The van der Waals surface area contributed by atoms with Crippen LogP contribution < -0.4 is 0 Å². The molecule has 0 rings (SSSR count). The minimum atomic E-state index is -2.29. The molecule has 0 spiro atoms. The lowest BCUT2D eigenvalue weighted by atomic mass is 10.7. The SMILES string of the molecule is ClC(Cl)C(Cl)(Cl)OC(Cl)(Cl)C(Cl)(Cl)Cl. The molecule has 0 aliphatic heterocycles. The molecule has 0 saturated carbocycles. The van der Waals surface area contributed by atoms with E-state index in [9.17, 15) is 0 Å². The molecule has 0 N–H and O–H groups in total. The Morgan fingerprint density at radius 1 is 0.786 bits per heavy atom. The molecule has 0 radical (unpaired) electrons. The van der Waals surface area contributed by atoms with Crippen molar-refractivity contribution in [3.05, 3.63) is 0 Å². The largest absolute Gasteiger partial charge is 0.304 e. The molecule has 0 unspecified atom stereocenters. The molecule has 0 fully saturated rings. The van der Waals surface area contributed by atoms with Crippen molar-refractivity contribution in [2.75, 3.05) is 0 Å². The summed E-state index contributed by atoms with van der Waals surface area (Å²) in [5.74, 6) is 0. The van der Waals surface area contributed by atoms with Crippen LogP contribution in [0.2, 0.25) is 0 Å². The van der Waals surface area contributed by atoms with E-state index in [0.717, 1.165) is 0 Å². The zero-order valence-corrected chi connectivity index (χ0v) is 12.7. The highest BCUT2D eigenvalue weighted by molar-refractivity contribution is 6.75. The van der Waals surface area contributed by atoms with Crippen LogP contribution in [0.25, 0.3) is 0 Å². The van der Waals surface area contributed by atoms with Gasteiger partial charge in [-0.15, -0.1) is 0 Å². The van der Waals surface area contributed by atoms with Crippen molar-refractivity contribution in [2.24, 2.45) is 0 Å². The van der Waals surface area contributed by atoms with E-state index in [1.165, 1.54) is 0 Å². The lowest BCUT2D eigenvalue weighted by molar-refractivity contribution is 0.0378. The standard InChI is InChI=1S/C4HCl9O/c5-1(6)2(7,8)14-4(12,13)3(9,10)11/h1H. The van der Waals surface area contributed by atoms with Crippen LogP contribution in [0.4, 0.5) is 0 Å². The van der Waals surface area contributed by atoms with E-state index in [0.29, 0.717) is 0 Å². The second-order valence-electron chi connectivity index (χ2n) is 1.98. The van der Waals surface area contributed by atoms with Crippen LogP contribution in [0, 0.1) is 0 Å². The molecule has 0 bridgehead atoms. The van der Waals surface area contributed by atoms with Gasteiger partial charge in [0.1, 0.15) is 0 Å². The van der Waals surface area contributed by atoms with Gasteiger partial charge in [0, 0.05) is 0 Å². The molecule has 0 aromatic heterocycles. The number of ether oxygens (including phenoxy) is 1. The summed E-state index contributed by atoms with van der Waals surface area (Å²) in [5.41, 5.74) is 0. The van der Waals surface area contributed by atoms with E-state index in [2.05, 4.69) is 4.74 Å². The van der Waals surface area contributed by atoms with Gasteiger partial charge in [-0.1, -0.05) is 104 Å². The van der Waals surface area contributed by atoms with Crippen molar-refractivity contribution in [3.8, 4) is 0 Å². The number of rotatable bonds is 3. The van der Waals surface area contributed by atoms with E-state index in [-0.39, 0.29) is 0 Å². The molecular weight excluding hydrogens is 383 g/mol. The normalized spacial score (nSPS) is 15.0. The molecule has 0 saturated heterocycles. The predicted octanol–water partition coefficient (Wildman–Crippen LogP) is 5.44. The van der Waals surface area contributed by atoms with Gasteiger partial charge < -0.3 is 4.74 Å². The molecule has 0 aliphatic rings. The van der Waals surface area contributed by atoms with E-state index < -0.39 is 17.7 Å². The highest BCUT2D eigenvalue weighted by Crippen LogP contribution is 2.51. The second-order valence-corrected chi connectivity index (χ2v) is 7.93. The molecule has 0 aliphatic carbocycles. The summed E-state index contributed by atoms with van der Waals surface area (Å²) in [6.07, 6.45) is 0. The quantitative estimate of drug-likeness (QED) is 0.589. The Hall–Kier alpha value is 2.57. The van der Waals surface area contributed by atoms with E-state index in [1.807, 2.05) is 0 Å². The van der Waals surface area contributed by atoms with Gasteiger partial charge in [0.25, 0.3) is 9.04 Å². The fraction of sp³-hybridized carbons (Fsp3) is 1.00. The van der Waals surface area contributed by atoms with Crippen molar-refractivity contribution < 1.29 is 4.74 Å². The first kappa shape index (κ1) is 16.6. The summed E-state index contributed by atoms with van der Waals surface area (Å²) in [6.45, 7) is 0. The Balaban J connectivity index is 4.67. The molecule has 10 heteroatoms. The predicted molar refractivity (Wildman–Crippen MR) is 65.7 cm³/mol. The van der Waals surface area contributed by atoms with Crippen LogP contribution in [0.15, 0.2) is 0 Å². The summed E-state index contributed by atoms with van der Waals surface area (Å²) in [4.78, 5) is -1.34. The van der Waals surface area contributed by atoms with E-state index >= 15 is 0 Å². The average Bonchev–Trinajstić information content (AvgIpc) is 1.80. The lowest BCUT2D eigenvalue weighted by Crippen LogP contribution is -2.42. The minimum absolute atomic E-state index is 1.34. The first-order chi connectivity index (χ1) is 5.90. The summed E-state index contributed by atoms with van der Waals surface area (Å²) >= 11 is 48.8. The van der Waals surface area contributed by atoms with Crippen molar-refractivity contribution >= 4 is 104 Å². The van der Waals surface area contributed by atoms with Crippen LogP contribution in [-0.4, -0.2) is 17.7 Å². The summed E-state index contributed by atoms with van der Waals surface area (Å²) in [7, 11) is 0. The molecule has 14 heavy (non-hydrogen) atoms. The highest BCUT2D eigenvalue weighted by atomic mass is 35.6. The Labute approximate surface area is 126 Å². The third-order valence-corrected chi connectivity index (χ3v) is 4.60. The number of alkyl halides is 9. The Morgan fingerprint density at radius 2 is 1.14 bits per heavy atom. The number of hydrogen-bond acceptors (Lipinski definition) is 1. The van der Waals surface area contributed by atoms with Crippen molar-refractivity contribution in [2.45, 2.75) is 17.7 Å². The minimum Gasteiger partial charge on any atom is -0.304 e. The molecule has 0 amide bonds. The summed E-state index contributed by atoms with van der Waals surface area (Å²) in [5, 5.41) is 0. The van der Waals surface area contributed by atoms with Crippen molar-refractivity contribution in [1.82, 2.24) is 0 Å². The van der Waals surface area contributed by atoms with Gasteiger partial charge >= 0.3 is 0 Å². The molecular formula is C4HCl9O. The van der Waals surface area contributed by atoms with Gasteiger partial charge in [0.15, 0.2) is 4.84 Å². The highest BCUT2D eigenvalue weighted by Gasteiger charge is 2.53. The second kappa shape index (κ2) is 5.48. The Morgan fingerprint density at radius 3 is 1.36 bits per heavy atom. The maximum atomic E-state index is 5.50. The summed E-state index contributed by atoms with van der Waals surface area (Å²) in [6, 6.07) is 0. The average molecular weight is 384 g/mol. The first-order valence-corrected chi connectivity index (χ1v) is 6.22. The molecule has 0 aromatic carbocycles. The topological polar surface area (TPSA) is 9.23 Å². The fourth-order valence-corrected chi connectivity index (χ4v) is 1.11. The lowest BCUT2D eigenvalue weighted by Gasteiger charge is -2.33. The van der Waals surface area contributed by atoms with Crippen LogP contribution in [0.3, 0.4) is 0 Å². The zero-order chi connectivity index (χ0) is 11.8.